The lowest BCUT2D eigenvalue weighted by Gasteiger charge is -2.03. The first-order valence-corrected chi connectivity index (χ1v) is 7.62. The van der Waals surface area contributed by atoms with Gasteiger partial charge in [-0.3, -0.25) is 4.79 Å². The Hall–Kier alpha value is -3.35. The van der Waals surface area contributed by atoms with Crippen LogP contribution in [0.2, 0.25) is 0 Å². The van der Waals surface area contributed by atoms with Crippen LogP contribution in [0.5, 0.6) is 0 Å². The highest BCUT2D eigenvalue weighted by molar-refractivity contribution is 6.46. The van der Waals surface area contributed by atoms with Crippen LogP contribution in [-0.4, -0.2) is 28.3 Å². The number of ketones is 1. The Morgan fingerprint density at radius 2 is 2.04 bits per heavy atom. The minimum atomic E-state index is -0.498. The van der Waals surface area contributed by atoms with Gasteiger partial charge in [0.1, 0.15) is 11.7 Å². The maximum Gasteiger partial charge on any atom is 0.227 e. The molecule has 1 aromatic heterocycles. The molecule has 126 valence electrons. The minimum Gasteiger partial charge on any atom is -0.380 e. The fourth-order valence-electron chi connectivity index (χ4n) is 2.24. The van der Waals surface area contributed by atoms with Crippen LogP contribution < -0.4 is 5.73 Å². The van der Waals surface area contributed by atoms with Gasteiger partial charge in [0.25, 0.3) is 0 Å². The van der Waals surface area contributed by atoms with Crippen molar-refractivity contribution in [2.45, 2.75) is 13.3 Å². The predicted octanol–water partition coefficient (Wildman–Crippen LogP) is 2.85. The van der Waals surface area contributed by atoms with E-state index in [2.05, 4.69) is 20.0 Å². The number of carbonyl (C=O) groups excluding carboxylic acids is 1. The van der Waals surface area contributed by atoms with Gasteiger partial charge in [0.2, 0.25) is 5.78 Å². The summed E-state index contributed by atoms with van der Waals surface area (Å²) in [6.07, 6.45) is 4.08. The van der Waals surface area contributed by atoms with Gasteiger partial charge >= 0.3 is 0 Å². The molecule has 7 heteroatoms. The van der Waals surface area contributed by atoms with E-state index in [1.807, 2.05) is 6.92 Å². The smallest absolute Gasteiger partial charge is 0.227 e. The number of aromatic nitrogens is 1. The van der Waals surface area contributed by atoms with Crippen molar-refractivity contribution in [1.29, 1.82) is 0 Å². The van der Waals surface area contributed by atoms with Crippen molar-refractivity contribution in [1.82, 2.24) is 4.98 Å². The summed E-state index contributed by atoms with van der Waals surface area (Å²) in [7, 11) is 0. The molecule has 2 aromatic rings. The van der Waals surface area contributed by atoms with Gasteiger partial charge < -0.3 is 10.7 Å². The molecule has 0 saturated heterocycles. The van der Waals surface area contributed by atoms with Crippen molar-refractivity contribution in [3.8, 4) is 0 Å². The number of hydrogen-bond acceptors (Lipinski definition) is 3. The van der Waals surface area contributed by atoms with E-state index < -0.39 is 11.6 Å². The van der Waals surface area contributed by atoms with Gasteiger partial charge in [0.05, 0.1) is 5.69 Å². The molecule has 0 saturated carbocycles. The fourth-order valence-corrected chi connectivity index (χ4v) is 2.24. The number of carbonyl (C=O) groups is 1. The first-order valence-electron chi connectivity index (χ1n) is 7.62. The van der Waals surface area contributed by atoms with Gasteiger partial charge in [0, 0.05) is 24.4 Å². The van der Waals surface area contributed by atoms with E-state index in [0.29, 0.717) is 18.0 Å². The van der Waals surface area contributed by atoms with Gasteiger partial charge in [-0.15, -0.1) is 0 Å². The lowest BCUT2D eigenvalue weighted by molar-refractivity contribution is 0.106. The van der Waals surface area contributed by atoms with E-state index in [1.165, 1.54) is 24.3 Å². The van der Waals surface area contributed by atoms with Crippen LogP contribution in [0.4, 0.5) is 4.39 Å². The molecular weight excluding hydrogens is 321 g/mol. The normalized spacial score (nSPS) is 15.1. The van der Waals surface area contributed by atoms with Crippen molar-refractivity contribution in [2.24, 2.45) is 20.7 Å². The standard InChI is InChI=1S/C18H16FN5O/c1-11-9-15(22-10-11)23-18(14-3-2-8-21-14)24-17(20)16(25)12-4-6-13(19)7-5-12/h2-8,10,21H,9H2,1H3,(H2,20,22,23,24). The molecule has 6 nitrogen and oxygen atoms in total. The van der Waals surface area contributed by atoms with Crippen LogP contribution in [0.25, 0.3) is 0 Å². The second kappa shape index (κ2) is 7.04. The number of nitrogens with one attached hydrogen (secondary N) is 1. The van der Waals surface area contributed by atoms with Crippen molar-refractivity contribution in [3.05, 3.63) is 71.4 Å². The molecule has 0 aliphatic carbocycles. The number of halogens is 1. The Morgan fingerprint density at radius 3 is 2.64 bits per heavy atom. The zero-order valence-corrected chi connectivity index (χ0v) is 13.5. The maximum absolute atomic E-state index is 13.0. The number of H-pyrrole nitrogens is 1. The van der Waals surface area contributed by atoms with Crippen molar-refractivity contribution >= 4 is 23.3 Å². The summed E-state index contributed by atoms with van der Waals surface area (Å²) in [5.74, 6) is -0.305. The lowest BCUT2D eigenvalue weighted by Crippen LogP contribution is -2.26. The molecule has 25 heavy (non-hydrogen) atoms. The first-order chi connectivity index (χ1) is 12.0. The summed E-state index contributed by atoms with van der Waals surface area (Å²) in [5, 5.41) is 0. The molecule has 0 spiro atoms. The molecule has 0 amide bonds. The first kappa shape index (κ1) is 16.5. The Bertz CT molecular complexity index is 905. The second-order valence-electron chi connectivity index (χ2n) is 5.55. The van der Waals surface area contributed by atoms with E-state index in [-0.39, 0.29) is 17.2 Å². The minimum absolute atomic E-state index is 0.233. The molecule has 0 fully saturated rings. The molecule has 1 aliphatic rings. The number of nitrogens with two attached hydrogens (primary N) is 1. The van der Waals surface area contributed by atoms with E-state index in [9.17, 15) is 9.18 Å². The van der Waals surface area contributed by atoms with Crippen LogP contribution in [-0.2, 0) is 0 Å². The lowest BCUT2D eigenvalue weighted by atomic mass is 10.1. The maximum atomic E-state index is 13.0. The number of rotatable bonds is 3. The number of Topliss-reactive ketones (excluding diaryl/α,β-unsaturated/α-hetero) is 1. The summed E-state index contributed by atoms with van der Waals surface area (Å²) in [6.45, 7) is 1.95. The van der Waals surface area contributed by atoms with E-state index in [0.717, 1.165) is 5.57 Å². The van der Waals surface area contributed by atoms with E-state index in [4.69, 9.17) is 5.73 Å². The van der Waals surface area contributed by atoms with Crippen molar-refractivity contribution < 1.29 is 9.18 Å². The molecular formula is C18H16FN5O. The monoisotopic (exact) mass is 337 g/mol. The predicted molar refractivity (Wildman–Crippen MR) is 95.5 cm³/mol. The highest BCUT2D eigenvalue weighted by atomic mass is 19.1. The highest BCUT2D eigenvalue weighted by Gasteiger charge is 2.15. The Kier molecular flexibility index (Phi) is 4.65. The summed E-state index contributed by atoms with van der Waals surface area (Å²) in [5.41, 5.74) is 7.81. The van der Waals surface area contributed by atoms with Gasteiger partial charge in [-0.05, 0) is 48.9 Å². The summed E-state index contributed by atoms with van der Waals surface area (Å²) in [6, 6.07) is 8.68. The quantitative estimate of drug-likeness (QED) is 0.512. The molecule has 1 aliphatic heterocycles. The Morgan fingerprint density at radius 1 is 1.28 bits per heavy atom. The highest BCUT2D eigenvalue weighted by Crippen LogP contribution is 2.13. The third-order valence-electron chi connectivity index (χ3n) is 3.51. The summed E-state index contributed by atoms with van der Waals surface area (Å²) >= 11 is 0. The molecule has 3 rings (SSSR count). The van der Waals surface area contributed by atoms with Crippen molar-refractivity contribution in [2.75, 3.05) is 0 Å². The zero-order chi connectivity index (χ0) is 17.8. The fraction of sp³-hybridized carbons (Fsp3) is 0.111. The number of benzene rings is 1. The third kappa shape index (κ3) is 3.95. The third-order valence-corrected chi connectivity index (χ3v) is 3.51. The Balaban J connectivity index is 1.91. The number of nitrogens with zero attached hydrogens (tertiary/aromatic N) is 3. The molecule has 0 bridgehead atoms. The van der Waals surface area contributed by atoms with Gasteiger partial charge in [-0.25, -0.2) is 19.4 Å². The van der Waals surface area contributed by atoms with Crippen molar-refractivity contribution in [3.63, 3.8) is 0 Å². The average Bonchev–Trinajstić information content (AvgIpc) is 3.26. The Labute approximate surface area is 143 Å². The number of aliphatic imine (C=N–C) groups is 3. The molecule has 1 aromatic carbocycles. The molecule has 0 radical (unpaired) electrons. The SMILES string of the molecule is CC1=CN=C(N=C(N=C(N)C(=O)c2ccc(F)cc2)c2ccc[nH]2)C1. The van der Waals surface area contributed by atoms with Crippen LogP contribution in [0.1, 0.15) is 29.4 Å². The molecule has 2 heterocycles. The molecule has 3 N–H and O–H groups in total. The molecule has 0 unspecified atom stereocenters. The van der Waals surface area contributed by atoms with Crippen LogP contribution in [0.3, 0.4) is 0 Å². The topological polar surface area (TPSA) is 96.0 Å². The van der Waals surface area contributed by atoms with Gasteiger partial charge in [0.15, 0.2) is 11.7 Å². The van der Waals surface area contributed by atoms with Gasteiger partial charge in [-0.2, -0.15) is 0 Å². The molecule has 0 atom stereocenters. The van der Waals surface area contributed by atoms with E-state index >= 15 is 0 Å². The van der Waals surface area contributed by atoms with Crippen LogP contribution in [0.15, 0.2) is 69.3 Å². The summed E-state index contributed by atoms with van der Waals surface area (Å²) in [4.78, 5) is 28.1. The largest absolute Gasteiger partial charge is 0.380 e. The van der Waals surface area contributed by atoms with E-state index in [1.54, 1.807) is 24.5 Å². The van der Waals surface area contributed by atoms with Gasteiger partial charge in [-0.1, -0.05) is 0 Å². The zero-order valence-electron chi connectivity index (χ0n) is 13.5. The van der Waals surface area contributed by atoms with Crippen LogP contribution >= 0.6 is 0 Å². The number of hydrogen-bond donors (Lipinski definition) is 2. The summed E-state index contributed by atoms with van der Waals surface area (Å²) < 4.78 is 13.0. The number of amidine groups is 3. The number of aromatic amines is 1. The van der Waals surface area contributed by atoms with Crippen LogP contribution in [0, 0.1) is 5.82 Å². The average molecular weight is 337 g/mol. The second-order valence-corrected chi connectivity index (χ2v) is 5.55.